The van der Waals surface area contributed by atoms with Gasteiger partial charge in [0.2, 0.25) is 0 Å². The normalized spacial score (nSPS) is 14.9. The second-order valence-corrected chi connectivity index (χ2v) is 8.24. The summed E-state index contributed by atoms with van der Waals surface area (Å²) in [7, 11) is 0. The first-order chi connectivity index (χ1) is 15.6. The predicted molar refractivity (Wildman–Crippen MR) is 144 cm³/mol. The van der Waals surface area contributed by atoms with Crippen molar-refractivity contribution in [2.75, 3.05) is 31.1 Å². The molecule has 6 nitrogen and oxygen atoms in total. The Kier molecular flexibility index (Phi) is 9.37. The summed E-state index contributed by atoms with van der Waals surface area (Å²) in [6.45, 7) is 5.30. The van der Waals surface area contributed by atoms with Gasteiger partial charge in [0.05, 0.1) is 18.3 Å². The first kappa shape index (κ1) is 25.3. The Morgan fingerprint density at radius 2 is 1.97 bits per heavy atom. The fourth-order valence-electron chi connectivity index (χ4n) is 4.18. The van der Waals surface area contributed by atoms with Crippen molar-refractivity contribution in [2.45, 2.75) is 38.8 Å². The van der Waals surface area contributed by atoms with Crippen LogP contribution >= 0.6 is 24.0 Å². The van der Waals surface area contributed by atoms with Crippen LogP contribution in [0.3, 0.4) is 0 Å². The van der Waals surface area contributed by atoms with Crippen molar-refractivity contribution in [3.05, 3.63) is 65.6 Å². The molecule has 0 atom stereocenters. The Morgan fingerprint density at radius 3 is 2.73 bits per heavy atom. The fraction of sp³-hybridized carbons (Fsp3) is 0.400. The van der Waals surface area contributed by atoms with E-state index in [1.807, 2.05) is 30.0 Å². The van der Waals surface area contributed by atoms with Crippen LogP contribution in [0.2, 0.25) is 0 Å². The smallest absolute Gasteiger partial charge is 0.191 e. The first-order valence-electron chi connectivity index (χ1n) is 11.4. The molecule has 1 saturated heterocycles. The van der Waals surface area contributed by atoms with E-state index in [0.717, 1.165) is 36.6 Å². The number of hydrogen-bond acceptors (Lipinski definition) is 3. The summed E-state index contributed by atoms with van der Waals surface area (Å²) in [5.41, 5.74) is 3.85. The second kappa shape index (κ2) is 12.2. The third-order valence-corrected chi connectivity index (χ3v) is 5.94. The average Bonchev–Trinajstić information content (AvgIpc) is 3.21. The average molecular weight is 565 g/mol. The van der Waals surface area contributed by atoms with E-state index in [2.05, 4.69) is 45.0 Å². The Hall–Kier alpha value is -2.33. The summed E-state index contributed by atoms with van der Waals surface area (Å²) in [5, 5.41) is 17.5. The molecule has 3 aromatic rings. The van der Waals surface area contributed by atoms with Crippen molar-refractivity contribution in [3.63, 3.8) is 0 Å². The van der Waals surface area contributed by atoms with Crippen LogP contribution in [0.15, 0.2) is 53.7 Å². The highest BCUT2D eigenvalue weighted by molar-refractivity contribution is 14.0. The number of para-hydroxylation sites is 1. The highest BCUT2D eigenvalue weighted by Gasteiger charge is 2.19. The van der Waals surface area contributed by atoms with Crippen molar-refractivity contribution in [1.82, 2.24) is 15.6 Å². The highest BCUT2D eigenvalue weighted by atomic mass is 127. The quantitative estimate of drug-likeness (QED) is 0.197. The van der Waals surface area contributed by atoms with E-state index in [9.17, 15) is 9.50 Å². The number of nitrogens with zero attached hydrogens (tertiary/aromatic N) is 2. The van der Waals surface area contributed by atoms with Gasteiger partial charge >= 0.3 is 0 Å². The lowest BCUT2D eigenvalue weighted by Gasteiger charge is -2.31. The largest absolute Gasteiger partial charge is 0.393 e. The minimum atomic E-state index is -0.268. The third kappa shape index (κ3) is 6.60. The number of guanidine groups is 1. The van der Waals surface area contributed by atoms with E-state index in [0.29, 0.717) is 38.2 Å². The van der Waals surface area contributed by atoms with Crippen molar-refractivity contribution in [3.8, 4) is 0 Å². The van der Waals surface area contributed by atoms with E-state index in [-0.39, 0.29) is 35.9 Å². The van der Waals surface area contributed by atoms with Gasteiger partial charge in [0.15, 0.2) is 5.96 Å². The first-order valence-corrected chi connectivity index (χ1v) is 11.4. The summed E-state index contributed by atoms with van der Waals surface area (Å²) in [5.74, 6) is 0.494. The van der Waals surface area contributed by atoms with Crippen molar-refractivity contribution >= 4 is 46.5 Å². The number of nitrogens with one attached hydrogen (secondary N) is 3. The summed E-state index contributed by atoms with van der Waals surface area (Å²) in [6, 6.07) is 13.6. The van der Waals surface area contributed by atoms with Crippen LogP contribution in [-0.4, -0.2) is 48.3 Å². The van der Waals surface area contributed by atoms with Crippen LogP contribution < -0.4 is 15.5 Å². The van der Waals surface area contributed by atoms with Gasteiger partial charge in [0, 0.05) is 43.3 Å². The molecule has 33 heavy (non-hydrogen) atoms. The third-order valence-electron chi connectivity index (χ3n) is 5.94. The Bertz CT molecular complexity index is 1060. The molecule has 178 valence electrons. The number of aromatic nitrogens is 1. The van der Waals surface area contributed by atoms with Gasteiger partial charge in [-0.05, 0) is 55.5 Å². The maximum Gasteiger partial charge on any atom is 0.191 e. The van der Waals surface area contributed by atoms with E-state index >= 15 is 0 Å². The molecule has 0 unspecified atom stereocenters. The SMILES string of the molecule is CCNC(=NCc1ccc(N2CCC(O)CC2)c(F)c1)NCCc1c[nH]c2ccccc12.I. The van der Waals surface area contributed by atoms with Crippen molar-refractivity contribution in [1.29, 1.82) is 0 Å². The molecule has 4 rings (SSSR count). The molecular weight excluding hydrogens is 532 g/mol. The number of aliphatic hydroxyl groups is 1. The van der Waals surface area contributed by atoms with Crippen LogP contribution in [0.1, 0.15) is 30.9 Å². The molecule has 2 aromatic carbocycles. The summed E-state index contributed by atoms with van der Waals surface area (Å²) >= 11 is 0. The van der Waals surface area contributed by atoms with Gasteiger partial charge in [-0.25, -0.2) is 9.38 Å². The minimum Gasteiger partial charge on any atom is -0.393 e. The number of fused-ring (bicyclic) bond motifs is 1. The number of aromatic amines is 1. The number of halogens is 2. The Balaban J connectivity index is 0.00000306. The van der Waals surface area contributed by atoms with E-state index in [1.165, 1.54) is 10.9 Å². The van der Waals surface area contributed by atoms with E-state index in [1.54, 1.807) is 6.07 Å². The van der Waals surface area contributed by atoms with Gasteiger partial charge < -0.3 is 25.6 Å². The van der Waals surface area contributed by atoms with Crippen LogP contribution in [0.4, 0.5) is 10.1 Å². The van der Waals surface area contributed by atoms with Gasteiger partial charge in [-0.3, -0.25) is 0 Å². The van der Waals surface area contributed by atoms with Crippen LogP contribution in [-0.2, 0) is 13.0 Å². The number of aliphatic hydroxyl groups excluding tert-OH is 1. The zero-order valence-electron chi connectivity index (χ0n) is 19.0. The van der Waals surface area contributed by atoms with E-state index in [4.69, 9.17) is 0 Å². The monoisotopic (exact) mass is 565 g/mol. The Morgan fingerprint density at radius 1 is 1.18 bits per heavy atom. The lowest BCUT2D eigenvalue weighted by molar-refractivity contribution is 0.145. The zero-order valence-corrected chi connectivity index (χ0v) is 21.3. The van der Waals surface area contributed by atoms with Gasteiger partial charge in [-0.1, -0.05) is 24.3 Å². The molecule has 0 aliphatic carbocycles. The number of H-pyrrole nitrogens is 1. The van der Waals surface area contributed by atoms with Crippen LogP contribution in [0.25, 0.3) is 10.9 Å². The zero-order chi connectivity index (χ0) is 22.3. The van der Waals surface area contributed by atoms with Crippen molar-refractivity contribution in [2.24, 2.45) is 4.99 Å². The number of hydrogen-bond donors (Lipinski definition) is 4. The van der Waals surface area contributed by atoms with Crippen molar-refractivity contribution < 1.29 is 9.50 Å². The molecule has 4 N–H and O–H groups in total. The van der Waals surface area contributed by atoms with Gasteiger partial charge in [-0.2, -0.15) is 0 Å². The molecule has 0 amide bonds. The fourth-order valence-corrected chi connectivity index (χ4v) is 4.18. The molecular formula is C25H33FIN5O. The lowest BCUT2D eigenvalue weighted by atomic mass is 10.1. The molecule has 0 bridgehead atoms. The molecule has 0 saturated carbocycles. The highest BCUT2D eigenvalue weighted by Crippen LogP contribution is 2.24. The van der Waals surface area contributed by atoms with Crippen LogP contribution in [0, 0.1) is 5.82 Å². The molecule has 0 radical (unpaired) electrons. The number of anilines is 1. The molecule has 0 spiro atoms. The number of aliphatic imine (C=N–C) groups is 1. The van der Waals surface area contributed by atoms with Gasteiger partial charge in [0.25, 0.3) is 0 Å². The number of piperidine rings is 1. The maximum absolute atomic E-state index is 14.7. The summed E-state index contributed by atoms with van der Waals surface area (Å²) in [6.07, 6.45) is 4.03. The molecule has 1 aromatic heterocycles. The molecule has 1 fully saturated rings. The summed E-state index contributed by atoms with van der Waals surface area (Å²) in [4.78, 5) is 9.95. The topological polar surface area (TPSA) is 75.7 Å². The van der Waals surface area contributed by atoms with E-state index < -0.39 is 0 Å². The molecule has 8 heteroatoms. The summed E-state index contributed by atoms with van der Waals surface area (Å²) < 4.78 is 14.7. The standard InChI is InChI=1S/C25H32FN5O.HI/c1-2-27-25(28-12-9-19-17-29-23-6-4-3-5-21(19)23)30-16-18-7-8-24(22(26)15-18)31-13-10-20(32)11-14-31;/h3-8,15,17,20,29,32H,2,9-14,16H2,1H3,(H2,27,28,30);1H. The number of benzene rings is 2. The maximum atomic E-state index is 14.7. The van der Waals surface area contributed by atoms with Gasteiger partial charge in [0.1, 0.15) is 5.82 Å². The second-order valence-electron chi connectivity index (χ2n) is 8.24. The molecule has 1 aliphatic heterocycles. The number of rotatable bonds is 7. The minimum absolute atomic E-state index is 0. The predicted octanol–water partition coefficient (Wildman–Crippen LogP) is 4.18. The van der Waals surface area contributed by atoms with Crippen LogP contribution in [0.5, 0.6) is 0 Å². The Labute approximate surface area is 211 Å². The molecule has 1 aliphatic rings. The molecule has 2 heterocycles. The van der Waals surface area contributed by atoms with Gasteiger partial charge in [-0.15, -0.1) is 24.0 Å². The lowest BCUT2D eigenvalue weighted by Crippen LogP contribution is -2.38.